The Morgan fingerprint density at radius 1 is 1.11 bits per heavy atom. The Kier molecular flexibility index (Phi) is 7.45. The third-order valence-electron chi connectivity index (χ3n) is 3.21. The molecule has 102 valence electrons. The fraction of sp³-hybridized carbons (Fsp3) is 0.625. The third kappa shape index (κ3) is 6.46. The maximum atomic E-state index is 3.44. The smallest absolute Gasteiger partial charge is 0.0158 e. The Labute approximate surface area is 117 Å². The van der Waals surface area contributed by atoms with Crippen molar-refractivity contribution in [2.45, 2.75) is 51.0 Å². The van der Waals surface area contributed by atoms with E-state index in [1.807, 2.05) is 11.8 Å². The van der Waals surface area contributed by atoms with Gasteiger partial charge in [0.15, 0.2) is 0 Å². The lowest BCUT2D eigenvalue weighted by Crippen LogP contribution is -2.27. The van der Waals surface area contributed by atoms with Gasteiger partial charge < -0.3 is 5.32 Å². The van der Waals surface area contributed by atoms with Crippen molar-refractivity contribution in [1.82, 2.24) is 5.32 Å². The van der Waals surface area contributed by atoms with Crippen molar-refractivity contribution in [3.8, 4) is 0 Å². The molecule has 0 aliphatic rings. The van der Waals surface area contributed by atoms with Crippen molar-refractivity contribution in [3.05, 3.63) is 29.8 Å². The standard InChI is InChI=1S/C16H27NS/c1-13(2)6-5-7-15(17-4)12-18-16-10-8-14(3)9-11-16/h8-11,13,15,17H,5-7,12H2,1-4H3. The van der Waals surface area contributed by atoms with Gasteiger partial charge in [0, 0.05) is 16.7 Å². The van der Waals surface area contributed by atoms with Crippen LogP contribution in [0.1, 0.15) is 38.7 Å². The number of rotatable bonds is 8. The van der Waals surface area contributed by atoms with E-state index in [1.54, 1.807) is 0 Å². The molecule has 0 bridgehead atoms. The van der Waals surface area contributed by atoms with E-state index in [0.717, 1.165) is 11.7 Å². The van der Waals surface area contributed by atoms with Crippen LogP contribution in [-0.2, 0) is 0 Å². The molecule has 0 heterocycles. The summed E-state index contributed by atoms with van der Waals surface area (Å²) in [6.07, 6.45) is 3.96. The van der Waals surface area contributed by atoms with Crippen LogP contribution in [0.5, 0.6) is 0 Å². The maximum absolute atomic E-state index is 3.44. The Balaban J connectivity index is 2.28. The fourth-order valence-corrected chi connectivity index (χ4v) is 2.97. The van der Waals surface area contributed by atoms with Crippen LogP contribution in [0.15, 0.2) is 29.2 Å². The van der Waals surface area contributed by atoms with Crippen molar-refractivity contribution in [3.63, 3.8) is 0 Å². The molecule has 1 nitrogen and oxygen atoms in total. The summed E-state index contributed by atoms with van der Waals surface area (Å²) in [6.45, 7) is 6.74. The van der Waals surface area contributed by atoms with E-state index in [2.05, 4.69) is 57.4 Å². The normalized spacial score (nSPS) is 12.9. The van der Waals surface area contributed by atoms with Crippen LogP contribution in [0.3, 0.4) is 0 Å². The monoisotopic (exact) mass is 265 g/mol. The molecule has 0 fully saturated rings. The van der Waals surface area contributed by atoms with E-state index < -0.39 is 0 Å². The molecule has 18 heavy (non-hydrogen) atoms. The molecule has 0 aromatic heterocycles. The van der Waals surface area contributed by atoms with Gasteiger partial charge in [0.05, 0.1) is 0 Å². The van der Waals surface area contributed by atoms with Crippen LogP contribution >= 0.6 is 11.8 Å². The third-order valence-corrected chi connectivity index (χ3v) is 4.39. The largest absolute Gasteiger partial charge is 0.316 e. The molecule has 0 saturated heterocycles. The van der Waals surface area contributed by atoms with Gasteiger partial charge in [0.25, 0.3) is 0 Å². The van der Waals surface area contributed by atoms with Crippen LogP contribution in [0.25, 0.3) is 0 Å². The summed E-state index contributed by atoms with van der Waals surface area (Å²) in [7, 11) is 2.08. The van der Waals surface area contributed by atoms with Gasteiger partial charge in [0.1, 0.15) is 0 Å². The van der Waals surface area contributed by atoms with E-state index in [4.69, 9.17) is 0 Å². The molecule has 1 unspecified atom stereocenters. The van der Waals surface area contributed by atoms with E-state index in [9.17, 15) is 0 Å². The number of hydrogen-bond donors (Lipinski definition) is 1. The van der Waals surface area contributed by atoms with Crippen LogP contribution < -0.4 is 5.32 Å². The zero-order chi connectivity index (χ0) is 13.4. The average molecular weight is 265 g/mol. The summed E-state index contributed by atoms with van der Waals surface area (Å²) in [5, 5.41) is 3.44. The average Bonchev–Trinajstić information content (AvgIpc) is 2.35. The Morgan fingerprint density at radius 3 is 2.33 bits per heavy atom. The zero-order valence-electron chi connectivity index (χ0n) is 12.2. The summed E-state index contributed by atoms with van der Waals surface area (Å²) >= 11 is 1.96. The van der Waals surface area contributed by atoms with Crippen molar-refractivity contribution in [2.75, 3.05) is 12.8 Å². The van der Waals surface area contributed by atoms with Crippen molar-refractivity contribution < 1.29 is 0 Å². The first kappa shape index (κ1) is 15.6. The van der Waals surface area contributed by atoms with Gasteiger partial charge in [-0.2, -0.15) is 0 Å². The van der Waals surface area contributed by atoms with Crippen molar-refractivity contribution in [2.24, 2.45) is 5.92 Å². The highest BCUT2D eigenvalue weighted by molar-refractivity contribution is 7.99. The summed E-state index contributed by atoms with van der Waals surface area (Å²) in [5.41, 5.74) is 1.33. The molecule has 0 aliphatic carbocycles. The SMILES string of the molecule is CNC(CCCC(C)C)CSc1ccc(C)cc1. The lowest BCUT2D eigenvalue weighted by molar-refractivity contribution is 0.483. The number of nitrogens with one attached hydrogen (secondary N) is 1. The molecule has 0 aliphatic heterocycles. The van der Waals surface area contributed by atoms with Crippen LogP contribution in [0.2, 0.25) is 0 Å². The number of benzene rings is 1. The van der Waals surface area contributed by atoms with E-state index in [-0.39, 0.29) is 0 Å². The Bertz CT molecular complexity index is 318. The molecular formula is C16H27NS. The molecule has 0 spiro atoms. The molecule has 1 aromatic rings. The summed E-state index contributed by atoms with van der Waals surface area (Å²) in [4.78, 5) is 1.38. The van der Waals surface area contributed by atoms with Gasteiger partial charge in [-0.15, -0.1) is 11.8 Å². The van der Waals surface area contributed by atoms with Gasteiger partial charge in [-0.1, -0.05) is 44.4 Å². The van der Waals surface area contributed by atoms with Crippen molar-refractivity contribution >= 4 is 11.8 Å². The van der Waals surface area contributed by atoms with Gasteiger partial charge in [-0.3, -0.25) is 0 Å². The summed E-state index contributed by atoms with van der Waals surface area (Å²) in [5.74, 6) is 1.99. The Morgan fingerprint density at radius 2 is 1.78 bits per heavy atom. The van der Waals surface area contributed by atoms with E-state index in [0.29, 0.717) is 6.04 Å². The van der Waals surface area contributed by atoms with Crippen LogP contribution in [0, 0.1) is 12.8 Å². The van der Waals surface area contributed by atoms with Gasteiger partial charge >= 0.3 is 0 Å². The fourth-order valence-electron chi connectivity index (χ4n) is 1.91. The highest BCUT2D eigenvalue weighted by Gasteiger charge is 2.07. The quantitative estimate of drug-likeness (QED) is 0.694. The molecule has 1 atom stereocenters. The second kappa shape index (κ2) is 8.60. The minimum atomic E-state index is 0.634. The maximum Gasteiger partial charge on any atom is 0.0158 e. The second-order valence-corrected chi connectivity index (χ2v) is 6.53. The first-order valence-corrected chi connectivity index (χ1v) is 7.97. The highest BCUT2D eigenvalue weighted by Crippen LogP contribution is 2.20. The predicted molar refractivity (Wildman–Crippen MR) is 83.4 cm³/mol. The number of thioether (sulfide) groups is 1. The lowest BCUT2D eigenvalue weighted by Gasteiger charge is -2.16. The minimum absolute atomic E-state index is 0.634. The van der Waals surface area contributed by atoms with Gasteiger partial charge in [0.2, 0.25) is 0 Å². The Hall–Kier alpha value is -0.470. The molecule has 1 aromatic carbocycles. The summed E-state index contributed by atoms with van der Waals surface area (Å²) in [6, 6.07) is 9.46. The molecule has 2 heteroatoms. The zero-order valence-corrected chi connectivity index (χ0v) is 13.0. The predicted octanol–water partition coefficient (Wildman–Crippen LogP) is 4.50. The van der Waals surface area contributed by atoms with E-state index >= 15 is 0 Å². The summed E-state index contributed by atoms with van der Waals surface area (Å²) < 4.78 is 0. The minimum Gasteiger partial charge on any atom is -0.316 e. The van der Waals surface area contributed by atoms with Gasteiger partial charge in [-0.05, 0) is 38.4 Å². The van der Waals surface area contributed by atoms with Crippen LogP contribution in [-0.4, -0.2) is 18.8 Å². The van der Waals surface area contributed by atoms with E-state index in [1.165, 1.54) is 29.7 Å². The van der Waals surface area contributed by atoms with Gasteiger partial charge in [-0.25, -0.2) is 0 Å². The molecular weight excluding hydrogens is 238 g/mol. The number of aryl methyl sites for hydroxylation is 1. The van der Waals surface area contributed by atoms with Crippen LogP contribution in [0.4, 0.5) is 0 Å². The molecule has 1 rings (SSSR count). The number of hydrogen-bond acceptors (Lipinski definition) is 2. The lowest BCUT2D eigenvalue weighted by atomic mass is 10.0. The first-order chi connectivity index (χ1) is 8.61. The second-order valence-electron chi connectivity index (χ2n) is 5.43. The molecule has 1 N–H and O–H groups in total. The topological polar surface area (TPSA) is 12.0 Å². The molecule has 0 amide bonds. The molecule has 0 radical (unpaired) electrons. The van der Waals surface area contributed by atoms with Crippen molar-refractivity contribution in [1.29, 1.82) is 0 Å². The first-order valence-electron chi connectivity index (χ1n) is 6.98. The highest BCUT2D eigenvalue weighted by atomic mass is 32.2. The molecule has 0 saturated carbocycles.